The molecule has 2 aliphatic rings. The van der Waals surface area contributed by atoms with Crippen molar-refractivity contribution in [1.29, 1.82) is 5.26 Å². The van der Waals surface area contributed by atoms with Gasteiger partial charge in [-0.25, -0.2) is 0 Å². The second kappa shape index (κ2) is 8.38. The first-order valence-corrected chi connectivity index (χ1v) is 12.3. The summed E-state index contributed by atoms with van der Waals surface area (Å²) < 4.78 is 0.838. The van der Waals surface area contributed by atoms with E-state index in [4.69, 9.17) is 5.73 Å². The molecular weight excluding hydrogens is 438 g/mol. The molecule has 1 atom stereocenters. The molecule has 1 aliphatic heterocycles. The van der Waals surface area contributed by atoms with E-state index >= 15 is 0 Å². The Hall–Kier alpha value is -2.63. The number of carbonyl (C=O) groups is 1. The molecule has 0 radical (unpaired) electrons. The number of carbonyl (C=O) groups excluding carboxylic acids is 1. The molecule has 2 N–H and O–H groups in total. The van der Waals surface area contributed by atoms with Gasteiger partial charge in [-0.15, -0.1) is 10.2 Å². The van der Waals surface area contributed by atoms with Crippen LogP contribution in [0, 0.1) is 23.7 Å². The van der Waals surface area contributed by atoms with E-state index in [2.05, 4.69) is 44.0 Å². The first-order valence-electron chi connectivity index (χ1n) is 10.6. The minimum Gasteiger partial charge on any atom is -0.384 e. The first kappa shape index (κ1) is 22.6. The smallest absolute Gasteiger partial charge is 0.219 e. The van der Waals surface area contributed by atoms with Gasteiger partial charge in [0.1, 0.15) is 5.82 Å². The largest absolute Gasteiger partial charge is 0.384 e. The van der Waals surface area contributed by atoms with E-state index in [-0.39, 0.29) is 11.2 Å². The highest BCUT2D eigenvalue weighted by Crippen LogP contribution is 2.50. The van der Waals surface area contributed by atoms with Gasteiger partial charge in [-0.05, 0) is 24.3 Å². The highest BCUT2D eigenvalue weighted by Gasteiger charge is 2.45. The molecule has 0 fully saturated rings. The van der Waals surface area contributed by atoms with Crippen molar-refractivity contribution in [3.8, 4) is 6.07 Å². The van der Waals surface area contributed by atoms with Crippen LogP contribution in [0.15, 0.2) is 51.3 Å². The Kier molecular flexibility index (Phi) is 5.91. The van der Waals surface area contributed by atoms with Crippen LogP contribution in [-0.4, -0.2) is 21.2 Å². The Morgan fingerprint density at radius 3 is 2.56 bits per heavy atom. The molecule has 1 aromatic heterocycles. The molecule has 1 aliphatic carbocycles. The lowest BCUT2D eigenvalue weighted by molar-refractivity contribution is -0.118. The third kappa shape index (κ3) is 4.07. The SMILES string of the molecule is Cc1ccc(C2C(C#N)=C(N)N(c3nnc(SC(C)C)s3)C3=C2C(=O)CC(C)(C)C3)cc1. The Morgan fingerprint density at radius 2 is 1.94 bits per heavy atom. The summed E-state index contributed by atoms with van der Waals surface area (Å²) in [4.78, 5) is 15.3. The summed E-state index contributed by atoms with van der Waals surface area (Å²) in [6, 6.07) is 10.3. The summed E-state index contributed by atoms with van der Waals surface area (Å²) in [6.45, 7) is 10.4. The van der Waals surface area contributed by atoms with Crippen LogP contribution in [-0.2, 0) is 4.79 Å². The van der Waals surface area contributed by atoms with Crippen LogP contribution in [0.25, 0.3) is 0 Å². The molecule has 0 spiro atoms. The average Bonchev–Trinajstić information content (AvgIpc) is 3.14. The molecular formula is C24H27N5OS2. The van der Waals surface area contributed by atoms with Gasteiger partial charge in [0.25, 0.3) is 0 Å². The number of thioether (sulfide) groups is 1. The van der Waals surface area contributed by atoms with E-state index in [0.29, 0.717) is 40.2 Å². The number of hydrogen-bond acceptors (Lipinski definition) is 8. The number of nitriles is 1. The maximum Gasteiger partial charge on any atom is 0.219 e. The van der Waals surface area contributed by atoms with Gasteiger partial charge in [-0.2, -0.15) is 5.26 Å². The molecule has 2 heterocycles. The Balaban J connectivity index is 1.92. The lowest BCUT2D eigenvalue weighted by Gasteiger charge is -2.42. The van der Waals surface area contributed by atoms with Gasteiger partial charge >= 0.3 is 0 Å². The van der Waals surface area contributed by atoms with Crippen LogP contribution >= 0.6 is 23.1 Å². The molecule has 1 aromatic carbocycles. The zero-order valence-electron chi connectivity index (χ0n) is 19.0. The molecule has 166 valence electrons. The van der Waals surface area contributed by atoms with Crippen molar-refractivity contribution in [1.82, 2.24) is 10.2 Å². The quantitative estimate of drug-likeness (QED) is 0.613. The van der Waals surface area contributed by atoms with Crippen LogP contribution in [0.3, 0.4) is 0 Å². The number of ketones is 1. The number of aryl methyl sites for hydroxylation is 1. The van der Waals surface area contributed by atoms with Gasteiger partial charge in [0.05, 0.1) is 17.6 Å². The summed E-state index contributed by atoms with van der Waals surface area (Å²) in [7, 11) is 0. The molecule has 32 heavy (non-hydrogen) atoms. The monoisotopic (exact) mass is 465 g/mol. The van der Waals surface area contributed by atoms with Crippen LogP contribution in [0.1, 0.15) is 57.6 Å². The number of rotatable bonds is 4. The minimum atomic E-state index is -0.465. The summed E-state index contributed by atoms with van der Waals surface area (Å²) in [5, 5.41) is 19.8. The summed E-state index contributed by atoms with van der Waals surface area (Å²) >= 11 is 3.07. The predicted molar refractivity (Wildman–Crippen MR) is 129 cm³/mol. The fourth-order valence-electron chi connectivity index (χ4n) is 4.36. The van der Waals surface area contributed by atoms with Crippen molar-refractivity contribution in [2.75, 3.05) is 4.90 Å². The van der Waals surface area contributed by atoms with E-state index in [0.717, 1.165) is 21.2 Å². The van der Waals surface area contributed by atoms with Gasteiger partial charge < -0.3 is 5.73 Å². The van der Waals surface area contributed by atoms with Crippen molar-refractivity contribution >= 4 is 34.0 Å². The molecule has 0 saturated carbocycles. The van der Waals surface area contributed by atoms with Crippen molar-refractivity contribution < 1.29 is 4.79 Å². The highest BCUT2D eigenvalue weighted by atomic mass is 32.2. The van der Waals surface area contributed by atoms with Crippen molar-refractivity contribution in [3.63, 3.8) is 0 Å². The van der Waals surface area contributed by atoms with Crippen LogP contribution < -0.4 is 10.6 Å². The summed E-state index contributed by atoms with van der Waals surface area (Å²) in [5.74, 6) is -0.0687. The third-order valence-corrected chi connectivity index (χ3v) is 7.71. The van der Waals surface area contributed by atoms with Gasteiger partial charge in [0, 0.05) is 22.9 Å². The van der Waals surface area contributed by atoms with Crippen molar-refractivity contribution in [2.45, 2.75) is 63.0 Å². The molecule has 4 rings (SSSR count). The number of nitrogens with two attached hydrogens (primary N) is 1. The minimum absolute atomic E-state index is 0.0633. The normalized spacial score (nSPS) is 20.6. The molecule has 8 heteroatoms. The van der Waals surface area contributed by atoms with Gasteiger partial charge in [0.15, 0.2) is 10.1 Å². The molecule has 0 amide bonds. The number of nitrogens with zero attached hydrogens (tertiary/aromatic N) is 4. The van der Waals surface area contributed by atoms with E-state index in [1.165, 1.54) is 11.3 Å². The first-order chi connectivity index (χ1) is 15.1. The number of Topliss-reactive ketones (excluding diaryl/α,β-unsaturated/α-hetero) is 1. The number of benzene rings is 1. The zero-order chi connectivity index (χ0) is 23.2. The van der Waals surface area contributed by atoms with E-state index in [9.17, 15) is 10.1 Å². The number of hydrogen-bond donors (Lipinski definition) is 1. The number of allylic oxidation sites excluding steroid dienone is 3. The van der Waals surface area contributed by atoms with Crippen LogP contribution in [0.4, 0.5) is 5.13 Å². The fraction of sp³-hybridized carbons (Fsp3) is 0.417. The van der Waals surface area contributed by atoms with Crippen LogP contribution in [0.5, 0.6) is 0 Å². The molecule has 2 aromatic rings. The van der Waals surface area contributed by atoms with Crippen LogP contribution in [0.2, 0.25) is 0 Å². The van der Waals surface area contributed by atoms with Crippen molar-refractivity contribution in [2.24, 2.45) is 11.1 Å². The predicted octanol–water partition coefficient (Wildman–Crippen LogP) is 5.29. The number of aromatic nitrogens is 2. The van der Waals surface area contributed by atoms with E-state index in [1.807, 2.05) is 31.2 Å². The molecule has 6 nitrogen and oxygen atoms in total. The second-order valence-electron chi connectivity index (χ2n) is 9.41. The summed E-state index contributed by atoms with van der Waals surface area (Å²) in [6.07, 6.45) is 1.10. The zero-order valence-corrected chi connectivity index (χ0v) is 20.6. The fourth-order valence-corrected chi connectivity index (χ4v) is 6.47. The maximum atomic E-state index is 13.5. The topological polar surface area (TPSA) is 95.9 Å². The second-order valence-corrected chi connectivity index (χ2v) is 12.2. The molecule has 1 unspecified atom stereocenters. The van der Waals surface area contributed by atoms with Gasteiger partial charge in [-0.1, -0.05) is 80.6 Å². The third-order valence-electron chi connectivity index (χ3n) is 5.72. The summed E-state index contributed by atoms with van der Waals surface area (Å²) in [5.41, 5.74) is 10.3. The van der Waals surface area contributed by atoms with Crippen molar-refractivity contribution in [3.05, 3.63) is 58.1 Å². The standard InChI is InChI=1S/C24H27N5OS2/c1-13(2)31-23-28-27-22(32-23)29-17-10-24(4,5)11-18(30)20(17)19(16(12-25)21(29)26)15-8-6-14(3)7-9-15/h6-9,13,19H,10-11,26H2,1-5H3. The molecule has 0 bridgehead atoms. The maximum absolute atomic E-state index is 13.5. The lowest BCUT2D eigenvalue weighted by atomic mass is 9.68. The Labute approximate surface area is 197 Å². The Morgan fingerprint density at radius 1 is 1.25 bits per heavy atom. The van der Waals surface area contributed by atoms with E-state index in [1.54, 1.807) is 16.7 Å². The Bertz CT molecular complexity index is 1170. The highest BCUT2D eigenvalue weighted by molar-refractivity contribution is 8.01. The molecule has 0 saturated heterocycles. The van der Waals surface area contributed by atoms with Gasteiger partial charge in [-0.3, -0.25) is 9.69 Å². The van der Waals surface area contributed by atoms with Gasteiger partial charge in [0.2, 0.25) is 5.13 Å². The average molecular weight is 466 g/mol. The lowest BCUT2D eigenvalue weighted by Crippen LogP contribution is -2.42. The van der Waals surface area contributed by atoms with E-state index < -0.39 is 5.92 Å². The number of anilines is 1.